The van der Waals surface area contributed by atoms with Crippen LogP contribution < -0.4 is 5.73 Å². The summed E-state index contributed by atoms with van der Waals surface area (Å²) >= 11 is 5.08. The van der Waals surface area contributed by atoms with Crippen LogP contribution in [-0.4, -0.2) is 17.1 Å². The van der Waals surface area contributed by atoms with Gasteiger partial charge in [0, 0.05) is 12.0 Å². The first-order valence-corrected chi connectivity index (χ1v) is 7.87. The third kappa shape index (κ3) is 3.94. The van der Waals surface area contributed by atoms with E-state index in [1.807, 2.05) is 6.07 Å². The average Bonchev–Trinajstić information content (AvgIpc) is 2.42. The van der Waals surface area contributed by atoms with Gasteiger partial charge in [-0.05, 0) is 35.0 Å². The van der Waals surface area contributed by atoms with Gasteiger partial charge < -0.3 is 10.5 Å². The third-order valence-corrected chi connectivity index (χ3v) is 4.48. The molecule has 0 radical (unpaired) electrons. The zero-order chi connectivity index (χ0) is 14.5. The second-order valence-corrected chi connectivity index (χ2v) is 6.17. The standard InChI is InChI=1S/C14H16BrN3OS/c1-9-4-3-5-10(6-9)20-8-12-17-11(7-19-2)13(15)14(16)18-12/h3-6H,7-8H2,1-2H3,(H2,16,17,18). The van der Waals surface area contributed by atoms with Crippen LogP contribution in [0.3, 0.4) is 0 Å². The number of aromatic nitrogens is 2. The second-order valence-electron chi connectivity index (χ2n) is 4.32. The molecule has 0 spiro atoms. The zero-order valence-corrected chi connectivity index (χ0v) is 13.8. The summed E-state index contributed by atoms with van der Waals surface area (Å²) in [6, 6.07) is 8.35. The van der Waals surface area contributed by atoms with Gasteiger partial charge >= 0.3 is 0 Å². The van der Waals surface area contributed by atoms with Gasteiger partial charge in [-0.15, -0.1) is 11.8 Å². The fourth-order valence-corrected chi connectivity index (χ4v) is 2.88. The molecule has 106 valence electrons. The van der Waals surface area contributed by atoms with E-state index >= 15 is 0 Å². The molecule has 2 aromatic rings. The topological polar surface area (TPSA) is 61.0 Å². The van der Waals surface area contributed by atoms with Crippen molar-refractivity contribution in [2.75, 3.05) is 12.8 Å². The Morgan fingerprint density at radius 3 is 2.85 bits per heavy atom. The van der Waals surface area contributed by atoms with Gasteiger partial charge in [0.25, 0.3) is 0 Å². The highest BCUT2D eigenvalue weighted by atomic mass is 79.9. The molecule has 0 aliphatic rings. The Labute approximate surface area is 131 Å². The van der Waals surface area contributed by atoms with Gasteiger partial charge in [0.2, 0.25) is 0 Å². The van der Waals surface area contributed by atoms with Gasteiger partial charge in [0.15, 0.2) is 0 Å². The predicted octanol–water partition coefficient (Wildman–Crippen LogP) is 3.57. The Morgan fingerprint density at radius 1 is 1.35 bits per heavy atom. The van der Waals surface area contributed by atoms with Crippen molar-refractivity contribution in [3.63, 3.8) is 0 Å². The molecule has 4 nitrogen and oxygen atoms in total. The zero-order valence-electron chi connectivity index (χ0n) is 11.4. The van der Waals surface area contributed by atoms with Crippen molar-refractivity contribution >= 4 is 33.5 Å². The maximum absolute atomic E-state index is 5.88. The van der Waals surface area contributed by atoms with E-state index in [0.29, 0.717) is 28.5 Å². The van der Waals surface area contributed by atoms with Crippen molar-refractivity contribution in [3.05, 3.63) is 45.8 Å². The lowest BCUT2D eigenvalue weighted by molar-refractivity contribution is 0.180. The molecule has 0 bridgehead atoms. The fourth-order valence-electron chi connectivity index (χ4n) is 1.72. The van der Waals surface area contributed by atoms with Crippen LogP contribution in [0.1, 0.15) is 17.1 Å². The minimum absolute atomic E-state index is 0.412. The van der Waals surface area contributed by atoms with E-state index in [1.165, 1.54) is 10.5 Å². The van der Waals surface area contributed by atoms with Crippen LogP contribution in [0.15, 0.2) is 33.6 Å². The van der Waals surface area contributed by atoms with E-state index in [-0.39, 0.29) is 0 Å². The number of nitrogens with zero attached hydrogens (tertiary/aromatic N) is 2. The predicted molar refractivity (Wildman–Crippen MR) is 85.6 cm³/mol. The number of aryl methyl sites for hydroxylation is 1. The fraction of sp³-hybridized carbons (Fsp3) is 0.286. The van der Waals surface area contributed by atoms with Crippen molar-refractivity contribution < 1.29 is 4.74 Å². The summed E-state index contributed by atoms with van der Waals surface area (Å²) in [6.07, 6.45) is 0. The van der Waals surface area contributed by atoms with E-state index < -0.39 is 0 Å². The molecular weight excluding hydrogens is 338 g/mol. The molecule has 20 heavy (non-hydrogen) atoms. The molecule has 2 N–H and O–H groups in total. The molecule has 2 rings (SSSR count). The van der Waals surface area contributed by atoms with Gasteiger partial charge in [-0.2, -0.15) is 0 Å². The number of hydrogen-bond donors (Lipinski definition) is 1. The van der Waals surface area contributed by atoms with Crippen LogP contribution >= 0.6 is 27.7 Å². The van der Waals surface area contributed by atoms with Gasteiger partial charge in [-0.25, -0.2) is 9.97 Å². The number of rotatable bonds is 5. The molecule has 1 aromatic heterocycles. The number of thioether (sulfide) groups is 1. The SMILES string of the molecule is COCc1nc(CSc2cccc(C)c2)nc(N)c1Br. The number of nitrogens with two attached hydrogens (primary N) is 1. The quantitative estimate of drug-likeness (QED) is 0.832. The first-order chi connectivity index (χ1) is 9.60. The normalized spacial score (nSPS) is 10.8. The molecule has 0 fully saturated rings. The Hall–Kier alpha value is -1.11. The summed E-state index contributed by atoms with van der Waals surface area (Å²) < 4.78 is 5.83. The molecule has 0 atom stereocenters. The molecule has 0 saturated heterocycles. The highest BCUT2D eigenvalue weighted by molar-refractivity contribution is 9.10. The lowest BCUT2D eigenvalue weighted by Crippen LogP contribution is -2.05. The summed E-state index contributed by atoms with van der Waals surface area (Å²) in [4.78, 5) is 9.97. The number of benzene rings is 1. The van der Waals surface area contributed by atoms with E-state index in [0.717, 1.165) is 5.69 Å². The van der Waals surface area contributed by atoms with E-state index in [4.69, 9.17) is 10.5 Å². The molecule has 0 saturated carbocycles. The number of anilines is 1. The van der Waals surface area contributed by atoms with Crippen LogP contribution in [0.2, 0.25) is 0 Å². The van der Waals surface area contributed by atoms with E-state index in [2.05, 4.69) is 51.0 Å². The number of hydrogen-bond acceptors (Lipinski definition) is 5. The highest BCUT2D eigenvalue weighted by Gasteiger charge is 2.10. The minimum atomic E-state index is 0.412. The summed E-state index contributed by atoms with van der Waals surface area (Å²) in [6.45, 7) is 2.49. The van der Waals surface area contributed by atoms with Crippen molar-refractivity contribution in [2.24, 2.45) is 0 Å². The Kier molecular flexibility index (Phi) is 5.39. The highest BCUT2D eigenvalue weighted by Crippen LogP contribution is 2.26. The summed E-state index contributed by atoms with van der Waals surface area (Å²) in [5, 5.41) is 0. The van der Waals surface area contributed by atoms with Crippen molar-refractivity contribution in [2.45, 2.75) is 24.2 Å². The Bertz CT molecular complexity index is 607. The molecule has 1 heterocycles. The molecule has 0 aliphatic heterocycles. The van der Waals surface area contributed by atoms with E-state index in [1.54, 1.807) is 18.9 Å². The molecule has 6 heteroatoms. The van der Waals surface area contributed by atoms with Crippen LogP contribution in [-0.2, 0) is 17.1 Å². The number of nitrogen functional groups attached to an aromatic ring is 1. The van der Waals surface area contributed by atoms with Crippen molar-refractivity contribution in [3.8, 4) is 0 Å². The molecule has 0 aliphatic carbocycles. The maximum atomic E-state index is 5.88. The smallest absolute Gasteiger partial charge is 0.141 e. The average molecular weight is 354 g/mol. The van der Waals surface area contributed by atoms with Gasteiger partial charge in [0.05, 0.1) is 22.5 Å². The van der Waals surface area contributed by atoms with Crippen molar-refractivity contribution in [1.82, 2.24) is 9.97 Å². The Balaban J connectivity index is 2.13. The lowest BCUT2D eigenvalue weighted by Gasteiger charge is -2.08. The molecule has 1 aromatic carbocycles. The number of halogens is 1. The van der Waals surface area contributed by atoms with Crippen LogP contribution in [0.4, 0.5) is 5.82 Å². The molecule has 0 unspecified atom stereocenters. The van der Waals surface area contributed by atoms with Crippen molar-refractivity contribution in [1.29, 1.82) is 0 Å². The first-order valence-electron chi connectivity index (χ1n) is 6.09. The second kappa shape index (κ2) is 7.06. The summed E-state index contributed by atoms with van der Waals surface area (Å²) in [5.41, 5.74) is 7.90. The lowest BCUT2D eigenvalue weighted by atomic mass is 10.2. The molecular formula is C14H16BrN3OS. The van der Waals surface area contributed by atoms with E-state index in [9.17, 15) is 0 Å². The van der Waals surface area contributed by atoms with Gasteiger partial charge in [0.1, 0.15) is 11.6 Å². The summed E-state index contributed by atoms with van der Waals surface area (Å²) in [5.74, 6) is 1.84. The number of methoxy groups -OCH3 is 1. The number of ether oxygens (including phenoxy) is 1. The monoisotopic (exact) mass is 353 g/mol. The van der Waals surface area contributed by atoms with Gasteiger partial charge in [-0.1, -0.05) is 17.7 Å². The van der Waals surface area contributed by atoms with Crippen LogP contribution in [0.25, 0.3) is 0 Å². The Morgan fingerprint density at radius 2 is 2.15 bits per heavy atom. The maximum Gasteiger partial charge on any atom is 0.141 e. The minimum Gasteiger partial charge on any atom is -0.383 e. The van der Waals surface area contributed by atoms with Crippen LogP contribution in [0, 0.1) is 6.92 Å². The van der Waals surface area contributed by atoms with Crippen LogP contribution in [0.5, 0.6) is 0 Å². The summed E-state index contributed by atoms with van der Waals surface area (Å²) in [7, 11) is 1.63. The largest absolute Gasteiger partial charge is 0.383 e. The first kappa shape index (κ1) is 15.3. The van der Waals surface area contributed by atoms with Gasteiger partial charge in [-0.3, -0.25) is 0 Å². The third-order valence-electron chi connectivity index (χ3n) is 2.63. The molecule has 0 amide bonds.